The topological polar surface area (TPSA) is 59.4 Å². The number of aliphatic carboxylic acids is 1. The van der Waals surface area contributed by atoms with E-state index in [9.17, 15) is 9.90 Å². The molecule has 0 aliphatic heterocycles. The molecule has 1 atom stereocenters. The lowest BCUT2D eigenvalue weighted by Crippen LogP contribution is -2.28. The summed E-state index contributed by atoms with van der Waals surface area (Å²) in [5, 5.41) is 10.5. The van der Waals surface area contributed by atoms with Gasteiger partial charge in [0.2, 0.25) is 0 Å². The summed E-state index contributed by atoms with van der Waals surface area (Å²) in [6.45, 7) is 7.37. The molecule has 1 aromatic heterocycles. The molecule has 4 nitrogen and oxygen atoms in total. The van der Waals surface area contributed by atoms with Crippen LogP contribution >= 0.6 is 22.6 Å². The van der Waals surface area contributed by atoms with Crippen molar-refractivity contribution in [2.75, 3.05) is 0 Å². The number of rotatable bonds is 3. The first-order valence-electron chi connectivity index (χ1n) is 6.66. The minimum Gasteiger partial charge on any atom is -0.479 e. The van der Waals surface area contributed by atoms with Gasteiger partial charge in [0.05, 0.1) is 11.1 Å². The van der Waals surface area contributed by atoms with Crippen molar-refractivity contribution in [3.05, 3.63) is 39.1 Å². The van der Waals surface area contributed by atoms with Crippen LogP contribution < -0.4 is 0 Å². The van der Waals surface area contributed by atoms with E-state index < -0.39 is 17.7 Å². The molecule has 1 N–H and O–H groups in total. The number of hydrogen-bond donors (Lipinski definition) is 1. The normalized spacial score (nSPS) is 13.4. The standard InChI is InChI=1S/C16H18INO3/c1-9-12(14(15(19)20)21-16(2,3)4)13(17)10-7-5-6-8-11(10)18-9/h5-8,14H,1-4H3,(H,19,20). The van der Waals surface area contributed by atoms with Crippen molar-refractivity contribution in [2.45, 2.75) is 39.4 Å². The number of para-hydroxylation sites is 1. The number of ether oxygens (including phenoxy) is 1. The molecule has 112 valence electrons. The van der Waals surface area contributed by atoms with Crippen molar-refractivity contribution < 1.29 is 14.6 Å². The van der Waals surface area contributed by atoms with Gasteiger partial charge in [-0.1, -0.05) is 18.2 Å². The Morgan fingerprint density at radius 2 is 1.95 bits per heavy atom. The molecule has 0 saturated heterocycles. The van der Waals surface area contributed by atoms with Crippen molar-refractivity contribution in [1.82, 2.24) is 4.98 Å². The summed E-state index contributed by atoms with van der Waals surface area (Å²) in [6, 6.07) is 7.72. The average molecular weight is 399 g/mol. The smallest absolute Gasteiger partial charge is 0.337 e. The third-order valence-electron chi connectivity index (χ3n) is 3.01. The van der Waals surface area contributed by atoms with E-state index in [2.05, 4.69) is 27.6 Å². The van der Waals surface area contributed by atoms with E-state index in [0.29, 0.717) is 11.3 Å². The number of carbonyl (C=O) groups is 1. The number of hydrogen-bond acceptors (Lipinski definition) is 3. The second-order valence-corrected chi connectivity index (χ2v) is 6.97. The average Bonchev–Trinajstić information content (AvgIpc) is 2.36. The monoisotopic (exact) mass is 399 g/mol. The third-order valence-corrected chi connectivity index (χ3v) is 4.18. The fourth-order valence-electron chi connectivity index (χ4n) is 2.19. The van der Waals surface area contributed by atoms with Crippen molar-refractivity contribution in [2.24, 2.45) is 0 Å². The summed E-state index contributed by atoms with van der Waals surface area (Å²) >= 11 is 2.18. The number of nitrogens with zero attached hydrogens (tertiary/aromatic N) is 1. The molecule has 0 bridgehead atoms. The van der Waals surface area contributed by atoms with E-state index in [1.54, 1.807) is 0 Å². The molecule has 1 unspecified atom stereocenters. The van der Waals surface area contributed by atoms with Gasteiger partial charge in [-0.15, -0.1) is 0 Å². The van der Waals surface area contributed by atoms with Crippen LogP contribution in [0.25, 0.3) is 10.9 Å². The lowest BCUT2D eigenvalue weighted by Gasteiger charge is -2.27. The van der Waals surface area contributed by atoms with Crippen LogP contribution in [-0.2, 0) is 9.53 Å². The lowest BCUT2D eigenvalue weighted by atomic mass is 10.0. The van der Waals surface area contributed by atoms with Gasteiger partial charge in [0, 0.05) is 20.2 Å². The van der Waals surface area contributed by atoms with Crippen LogP contribution in [0.3, 0.4) is 0 Å². The van der Waals surface area contributed by atoms with Crippen molar-refractivity contribution in [3.63, 3.8) is 0 Å². The third kappa shape index (κ3) is 3.52. The van der Waals surface area contributed by atoms with E-state index in [-0.39, 0.29) is 0 Å². The van der Waals surface area contributed by atoms with Gasteiger partial charge in [-0.2, -0.15) is 0 Å². The number of halogens is 1. The van der Waals surface area contributed by atoms with E-state index in [4.69, 9.17) is 4.74 Å². The molecule has 0 saturated carbocycles. The molecule has 0 fully saturated rings. The van der Waals surface area contributed by atoms with Crippen molar-refractivity contribution in [1.29, 1.82) is 0 Å². The molecule has 0 aliphatic carbocycles. The van der Waals surface area contributed by atoms with Crippen LogP contribution in [0, 0.1) is 10.5 Å². The maximum absolute atomic E-state index is 11.7. The van der Waals surface area contributed by atoms with Crippen LogP contribution in [-0.4, -0.2) is 21.7 Å². The van der Waals surface area contributed by atoms with Crippen LogP contribution in [0.4, 0.5) is 0 Å². The molecule has 1 aromatic carbocycles. The highest BCUT2D eigenvalue weighted by molar-refractivity contribution is 14.1. The lowest BCUT2D eigenvalue weighted by molar-refractivity contribution is -0.160. The molecule has 0 spiro atoms. The van der Waals surface area contributed by atoms with Gasteiger partial charge in [0.15, 0.2) is 6.10 Å². The largest absolute Gasteiger partial charge is 0.479 e. The van der Waals surface area contributed by atoms with Gasteiger partial charge in [-0.05, 0) is 56.4 Å². The number of aromatic nitrogens is 1. The highest BCUT2D eigenvalue weighted by Crippen LogP contribution is 2.33. The second-order valence-electron chi connectivity index (χ2n) is 5.89. The fraction of sp³-hybridized carbons (Fsp3) is 0.375. The predicted octanol–water partition coefficient (Wildman–Crippen LogP) is 4.09. The Kier molecular flexibility index (Phi) is 4.53. The molecule has 0 radical (unpaired) electrons. The summed E-state index contributed by atoms with van der Waals surface area (Å²) in [4.78, 5) is 16.2. The molecular weight excluding hydrogens is 381 g/mol. The van der Waals surface area contributed by atoms with Crippen molar-refractivity contribution in [3.8, 4) is 0 Å². The Hall–Kier alpha value is -1.21. The summed E-state index contributed by atoms with van der Waals surface area (Å²) in [7, 11) is 0. The first kappa shape index (κ1) is 16.2. The number of pyridine rings is 1. The number of carboxylic acid groups (broad SMARTS) is 1. The Balaban J connectivity index is 2.65. The molecule has 2 aromatic rings. The van der Waals surface area contributed by atoms with E-state index >= 15 is 0 Å². The molecule has 21 heavy (non-hydrogen) atoms. The van der Waals surface area contributed by atoms with Crippen LogP contribution in [0.1, 0.15) is 38.1 Å². The Labute approximate surface area is 137 Å². The number of benzene rings is 1. The zero-order valence-corrected chi connectivity index (χ0v) is 14.6. The van der Waals surface area contributed by atoms with Crippen molar-refractivity contribution >= 4 is 39.5 Å². The zero-order chi connectivity index (χ0) is 15.8. The molecule has 0 amide bonds. The first-order chi connectivity index (χ1) is 9.70. The second kappa shape index (κ2) is 5.88. The summed E-state index contributed by atoms with van der Waals surface area (Å²) < 4.78 is 6.63. The number of fused-ring (bicyclic) bond motifs is 1. The fourth-order valence-corrected chi connectivity index (χ4v) is 3.32. The Morgan fingerprint density at radius 1 is 1.33 bits per heavy atom. The summed E-state index contributed by atoms with van der Waals surface area (Å²) in [5.74, 6) is -0.997. The Morgan fingerprint density at radius 3 is 2.52 bits per heavy atom. The minimum atomic E-state index is -1.02. The number of aryl methyl sites for hydroxylation is 1. The zero-order valence-electron chi connectivity index (χ0n) is 12.5. The quantitative estimate of drug-likeness (QED) is 0.790. The maximum Gasteiger partial charge on any atom is 0.337 e. The first-order valence-corrected chi connectivity index (χ1v) is 7.74. The minimum absolute atomic E-state index is 0.551. The van der Waals surface area contributed by atoms with Gasteiger partial charge in [-0.25, -0.2) is 4.79 Å². The summed E-state index contributed by atoms with van der Waals surface area (Å²) in [6.07, 6.45) is -1.02. The maximum atomic E-state index is 11.7. The highest BCUT2D eigenvalue weighted by atomic mass is 127. The highest BCUT2D eigenvalue weighted by Gasteiger charge is 2.31. The van der Waals surface area contributed by atoms with Gasteiger partial charge >= 0.3 is 5.97 Å². The van der Waals surface area contributed by atoms with Gasteiger partial charge in [-0.3, -0.25) is 4.98 Å². The summed E-state index contributed by atoms with van der Waals surface area (Å²) in [5.41, 5.74) is 1.64. The van der Waals surface area contributed by atoms with Crippen LogP contribution in [0.15, 0.2) is 24.3 Å². The van der Waals surface area contributed by atoms with Gasteiger partial charge in [0.25, 0.3) is 0 Å². The Bertz CT molecular complexity index is 692. The predicted molar refractivity (Wildman–Crippen MR) is 90.4 cm³/mol. The van der Waals surface area contributed by atoms with Crippen LogP contribution in [0.5, 0.6) is 0 Å². The van der Waals surface area contributed by atoms with E-state index in [0.717, 1.165) is 14.5 Å². The van der Waals surface area contributed by atoms with E-state index in [1.165, 1.54) is 0 Å². The molecule has 5 heteroatoms. The molecular formula is C16H18INO3. The van der Waals surface area contributed by atoms with E-state index in [1.807, 2.05) is 52.0 Å². The molecule has 0 aliphatic rings. The van der Waals surface area contributed by atoms with Gasteiger partial charge < -0.3 is 9.84 Å². The SMILES string of the molecule is Cc1nc2ccccc2c(I)c1C(OC(C)(C)C)C(=O)O. The molecule has 2 rings (SSSR count). The van der Waals surface area contributed by atoms with Gasteiger partial charge in [0.1, 0.15) is 0 Å². The van der Waals surface area contributed by atoms with Crippen LogP contribution in [0.2, 0.25) is 0 Å². The molecule has 1 heterocycles. The number of carboxylic acids is 1.